The summed E-state index contributed by atoms with van der Waals surface area (Å²) in [5.41, 5.74) is 0.547. The van der Waals surface area contributed by atoms with Gasteiger partial charge in [0.1, 0.15) is 16.5 Å². The van der Waals surface area contributed by atoms with Crippen molar-refractivity contribution in [2.45, 2.75) is 20.4 Å². The van der Waals surface area contributed by atoms with Crippen molar-refractivity contribution in [3.8, 4) is 5.00 Å². The molecule has 0 saturated heterocycles. The molecule has 0 radical (unpaired) electrons. The van der Waals surface area contributed by atoms with Crippen LogP contribution in [0.5, 0.6) is 0 Å². The summed E-state index contributed by atoms with van der Waals surface area (Å²) in [4.78, 5) is 37.5. The number of nitrogens with one attached hydrogen (secondary N) is 1. The van der Waals surface area contributed by atoms with Gasteiger partial charge in [-0.15, -0.1) is 22.7 Å². The van der Waals surface area contributed by atoms with Crippen molar-refractivity contribution in [3.05, 3.63) is 44.0 Å². The van der Waals surface area contributed by atoms with Crippen LogP contribution in [0.3, 0.4) is 0 Å². The number of esters is 1. The second-order valence-electron chi connectivity index (χ2n) is 5.31. The van der Waals surface area contributed by atoms with E-state index in [9.17, 15) is 14.4 Å². The van der Waals surface area contributed by atoms with Crippen LogP contribution in [0.4, 0.5) is 5.00 Å². The van der Waals surface area contributed by atoms with Crippen LogP contribution in [0, 0.1) is 13.8 Å². The molecule has 1 amide bonds. The lowest BCUT2D eigenvalue weighted by Gasteiger charge is -2.05. The molecule has 1 N–H and O–H groups in total. The van der Waals surface area contributed by atoms with Crippen LogP contribution >= 0.6 is 22.7 Å². The quantitative estimate of drug-likeness (QED) is 0.660. The van der Waals surface area contributed by atoms with Gasteiger partial charge < -0.3 is 10.1 Å². The number of ether oxygens (including phenoxy) is 1. The van der Waals surface area contributed by atoms with E-state index < -0.39 is 17.6 Å². The highest BCUT2D eigenvalue weighted by molar-refractivity contribution is 7.16. The Hall–Kier alpha value is -2.79. The van der Waals surface area contributed by atoms with Gasteiger partial charge in [0, 0.05) is 4.88 Å². The fourth-order valence-corrected chi connectivity index (χ4v) is 4.00. The second kappa shape index (κ2) is 7.22. The number of aromatic nitrogens is 4. The first-order valence-electron chi connectivity index (χ1n) is 7.47. The largest absolute Gasteiger partial charge is 0.465 e. The molecule has 0 atom stereocenters. The molecule has 9 nitrogen and oxygen atoms in total. The zero-order valence-electron chi connectivity index (χ0n) is 14.2. The first-order chi connectivity index (χ1) is 12.4. The standard InChI is InChI=1S/C15H15N5O4S2/c1-8-9(2)26-13(12(8)14(22)24-3)16-10(21)7-19-15(23)20(18-17-19)11-5-4-6-25-11/h4-6H,7H2,1-3H3,(H,16,21). The molecular formula is C15H15N5O4S2. The Morgan fingerprint density at radius 2 is 2.08 bits per heavy atom. The summed E-state index contributed by atoms with van der Waals surface area (Å²) in [7, 11) is 1.28. The summed E-state index contributed by atoms with van der Waals surface area (Å²) in [6.07, 6.45) is 0. The predicted octanol–water partition coefficient (Wildman–Crippen LogP) is 1.59. The molecule has 0 aliphatic carbocycles. The van der Waals surface area contributed by atoms with Gasteiger partial charge in [-0.25, -0.2) is 9.59 Å². The van der Waals surface area contributed by atoms with Gasteiger partial charge in [0.15, 0.2) is 0 Å². The molecule has 0 saturated carbocycles. The summed E-state index contributed by atoms with van der Waals surface area (Å²) in [6, 6.07) is 3.51. The van der Waals surface area contributed by atoms with E-state index in [0.717, 1.165) is 19.8 Å². The Kier molecular flexibility index (Phi) is 5.00. The minimum absolute atomic E-state index is 0.318. The molecule has 0 unspecified atom stereocenters. The molecule has 3 rings (SSSR count). The van der Waals surface area contributed by atoms with Gasteiger partial charge in [-0.3, -0.25) is 4.79 Å². The third-order valence-electron chi connectivity index (χ3n) is 3.68. The number of carbonyl (C=O) groups is 2. The van der Waals surface area contributed by atoms with Crippen molar-refractivity contribution in [2.24, 2.45) is 0 Å². The van der Waals surface area contributed by atoms with E-state index in [0.29, 0.717) is 15.6 Å². The lowest BCUT2D eigenvalue weighted by Crippen LogP contribution is -2.29. The molecule has 0 aromatic carbocycles. The molecule has 3 aromatic heterocycles. The monoisotopic (exact) mass is 393 g/mol. The molecule has 136 valence electrons. The lowest BCUT2D eigenvalue weighted by atomic mass is 10.1. The van der Waals surface area contributed by atoms with Crippen molar-refractivity contribution in [2.75, 3.05) is 12.4 Å². The lowest BCUT2D eigenvalue weighted by molar-refractivity contribution is -0.117. The molecule has 0 bridgehead atoms. The third kappa shape index (κ3) is 3.30. The average molecular weight is 393 g/mol. The van der Waals surface area contributed by atoms with E-state index in [-0.39, 0.29) is 6.54 Å². The maximum absolute atomic E-state index is 12.3. The number of carbonyl (C=O) groups excluding carboxylic acids is 2. The number of hydrogen-bond acceptors (Lipinski definition) is 8. The van der Waals surface area contributed by atoms with Crippen LogP contribution in [0.25, 0.3) is 5.00 Å². The fourth-order valence-electron chi connectivity index (χ4n) is 2.27. The number of amides is 1. The number of thiophene rings is 2. The Bertz CT molecular complexity index is 1020. The minimum atomic E-state index is -0.525. The summed E-state index contributed by atoms with van der Waals surface area (Å²) >= 11 is 2.61. The molecule has 11 heteroatoms. The summed E-state index contributed by atoms with van der Waals surface area (Å²) in [6.45, 7) is 3.31. The van der Waals surface area contributed by atoms with E-state index >= 15 is 0 Å². The first-order valence-corrected chi connectivity index (χ1v) is 9.16. The van der Waals surface area contributed by atoms with Crippen molar-refractivity contribution < 1.29 is 14.3 Å². The Labute approximate surface area is 155 Å². The van der Waals surface area contributed by atoms with E-state index in [1.165, 1.54) is 29.8 Å². The highest BCUT2D eigenvalue weighted by atomic mass is 32.1. The molecule has 0 aliphatic heterocycles. The van der Waals surface area contributed by atoms with Gasteiger partial charge in [0.2, 0.25) is 5.91 Å². The van der Waals surface area contributed by atoms with Gasteiger partial charge in [0.05, 0.1) is 12.7 Å². The topological polar surface area (TPSA) is 108 Å². The molecule has 3 heterocycles. The van der Waals surface area contributed by atoms with Crippen LogP contribution < -0.4 is 11.0 Å². The summed E-state index contributed by atoms with van der Waals surface area (Å²) in [5.74, 6) is -1.01. The van der Waals surface area contributed by atoms with E-state index in [2.05, 4.69) is 15.7 Å². The van der Waals surface area contributed by atoms with E-state index in [1.807, 2.05) is 12.3 Å². The maximum atomic E-state index is 12.3. The summed E-state index contributed by atoms with van der Waals surface area (Å²) in [5, 5.41) is 13.0. The minimum Gasteiger partial charge on any atom is -0.465 e. The van der Waals surface area contributed by atoms with Crippen LogP contribution in [-0.4, -0.2) is 38.8 Å². The predicted molar refractivity (Wildman–Crippen MR) is 97.3 cm³/mol. The number of anilines is 1. The molecule has 26 heavy (non-hydrogen) atoms. The van der Waals surface area contributed by atoms with Crippen LogP contribution in [0.15, 0.2) is 22.3 Å². The van der Waals surface area contributed by atoms with Gasteiger partial charge in [-0.05, 0) is 47.4 Å². The number of nitrogens with zero attached hydrogens (tertiary/aromatic N) is 4. The molecular weight excluding hydrogens is 378 g/mol. The fraction of sp³-hybridized carbons (Fsp3) is 0.267. The van der Waals surface area contributed by atoms with Gasteiger partial charge in [-0.1, -0.05) is 0 Å². The van der Waals surface area contributed by atoms with Crippen LogP contribution in [0.2, 0.25) is 0 Å². The second-order valence-corrected chi connectivity index (χ2v) is 7.46. The number of hydrogen-bond donors (Lipinski definition) is 1. The Morgan fingerprint density at radius 1 is 1.31 bits per heavy atom. The van der Waals surface area contributed by atoms with E-state index in [4.69, 9.17) is 4.74 Å². The van der Waals surface area contributed by atoms with Crippen LogP contribution in [0.1, 0.15) is 20.8 Å². The van der Waals surface area contributed by atoms with Crippen molar-refractivity contribution in [3.63, 3.8) is 0 Å². The summed E-state index contributed by atoms with van der Waals surface area (Å²) < 4.78 is 6.85. The Balaban J connectivity index is 1.80. The van der Waals surface area contributed by atoms with Crippen molar-refractivity contribution >= 4 is 39.6 Å². The first kappa shape index (κ1) is 18.0. The molecule has 3 aromatic rings. The third-order valence-corrected chi connectivity index (χ3v) is 5.64. The molecule has 0 spiro atoms. The highest BCUT2D eigenvalue weighted by Gasteiger charge is 2.22. The van der Waals surface area contributed by atoms with Gasteiger partial charge in [0.25, 0.3) is 0 Å². The smallest absolute Gasteiger partial charge is 0.369 e. The molecule has 0 aliphatic rings. The van der Waals surface area contributed by atoms with Crippen molar-refractivity contribution in [1.29, 1.82) is 0 Å². The SMILES string of the molecule is COC(=O)c1c(NC(=O)Cn2nnn(-c3cccs3)c2=O)sc(C)c1C. The highest BCUT2D eigenvalue weighted by Crippen LogP contribution is 2.32. The van der Waals surface area contributed by atoms with Gasteiger partial charge in [-0.2, -0.15) is 9.36 Å². The molecule has 0 fully saturated rings. The van der Waals surface area contributed by atoms with Crippen LogP contribution in [-0.2, 0) is 16.1 Å². The number of tetrazole rings is 1. The van der Waals surface area contributed by atoms with Crippen molar-refractivity contribution in [1.82, 2.24) is 19.8 Å². The number of rotatable bonds is 5. The number of aryl methyl sites for hydroxylation is 1. The number of methoxy groups -OCH3 is 1. The maximum Gasteiger partial charge on any atom is 0.369 e. The Morgan fingerprint density at radius 3 is 2.73 bits per heavy atom. The van der Waals surface area contributed by atoms with E-state index in [1.54, 1.807) is 19.1 Å². The average Bonchev–Trinajstić information content (AvgIpc) is 3.30. The van der Waals surface area contributed by atoms with Gasteiger partial charge >= 0.3 is 11.7 Å². The zero-order valence-corrected chi connectivity index (χ0v) is 15.8. The zero-order chi connectivity index (χ0) is 18.8. The normalized spacial score (nSPS) is 10.7.